The Morgan fingerprint density at radius 1 is 1.14 bits per heavy atom. The van der Waals surface area contributed by atoms with Crippen LogP contribution in [-0.4, -0.2) is 56.9 Å². The van der Waals surface area contributed by atoms with Gasteiger partial charge in [0, 0.05) is 20.5 Å². The summed E-state index contributed by atoms with van der Waals surface area (Å²) >= 11 is 0. The lowest BCUT2D eigenvalue weighted by Gasteiger charge is -2.31. The average molecular weight is 302 g/mol. The molecule has 7 heteroatoms. The fourth-order valence-corrected chi connectivity index (χ4v) is 1.72. The van der Waals surface area contributed by atoms with Gasteiger partial charge in [0.25, 0.3) is 0 Å². The van der Waals surface area contributed by atoms with Crippen LogP contribution in [-0.2, 0) is 33.3 Å². The Bertz CT molecular complexity index is 366. The van der Waals surface area contributed by atoms with Gasteiger partial charge in [-0.1, -0.05) is 0 Å². The first-order chi connectivity index (χ1) is 10.0. The molecule has 0 amide bonds. The molecule has 0 bridgehead atoms. The minimum Gasteiger partial charge on any atom is -0.463 e. The predicted molar refractivity (Wildman–Crippen MR) is 72.4 cm³/mol. The summed E-state index contributed by atoms with van der Waals surface area (Å²) in [5.41, 5.74) is 0. The highest BCUT2D eigenvalue weighted by Gasteiger charge is 2.30. The Morgan fingerprint density at radius 3 is 2.52 bits per heavy atom. The monoisotopic (exact) mass is 302 g/mol. The van der Waals surface area contributed by atoms with Crippen molar-refractivity contribution in [2.24, 2.45) is 0 Å². The van der Waals surface area contributed by atoms with Gasteiger partial charge >= 0.3 is 11.9 Å². The van der Waals surface area contributed by atoms with Gasteiger partial charge in [-0.2, -0.15) is 0 Å². The molecule has 1 heterocycles. The maximum atomic E-state index is 11.1. The van der Waals surface area contributed by atoms with Crippen molar-refractivity contribution in [2.75, 3.05) is 26.4 Å². The molecular weight excluding hydrogens is 280 g/mol. The topological polar surface area (TPSA) is 80.3 Å². The summed E-state index contributed by atoms with van der Waals surface area (Å²) in [6.07, 6.45) is 1.54. The first kappa shape index (κ1) is 17.6. The first-order valence-electron chi connectivity index (χ1n) is 6.86. The molecule has 0 aliphatic carbocycles. The Hall–Kier alpha value is -1.44. The molecule has 1 unspecified atom stereocenters. The van der Waals surface area contributed by atoms with Crippen molar-refractivity contribution in [1.29, 1.82) is 0 Å². The molecule has 0 saturated heterocycles. The molecule has 0 spiro atoms. The summed E-state index contributed by atoms with van der Waals surface area (Å²) in [4.78, 5) is 21.9. The van der Waals surface area contributed by atoms with E-state index in [1.165, 1.54) is 13.8 Å². The molecule has 0 N–H and O–H groups in total. The summed E-state index contributed by atoms with van der Waals surface area (Å²) in [6, 6.07) is 0. The van der Waals surface area contributed by atoms with E-state index in [0.29, 0.717) is 19.8 Å². The molecule has 1 rings (SSSR count). The van der Waals surface area contributed by atoms with E-state index in [0.717, 1.165) is 0 Å². The van der Waals surface area contributed by atoms with Crippen LogP contribution < -0.4 is 0 Å². The van der Waals surface area contributed by atoms with Crippen molar-refractivity contribution < 1.29 is 33.3 Å². The molecule has 0 aromatic rings. The highest BCUT2D eigenvalue weighted by molar-refractivity contribution is 5.66. The van der Waals surface area contributed by atoms with Crippen LogP contribution in [0.1, 0.15) is 20.8 Å². The first-order valence-corrected chi connectivity index (χ1v) is 6.86. The number of ether oxygens (including phenoxy) is 5. The van der Waals surface area contributed by atoms with Crippen molar-refractivity contribution in [3.63, 3.8) is 0 Å². The third kappa shape index (κ3) is 7.22. The Labute approximate surface area is 124 Å². The summed E-state index contributed by atoms with van der Waals surface area (Å²) in [5.74, 6) is -0.861. The second-order valence-corrected chi connectivity index (χ2v) is 4.37. The van der Waals surface area contributed by atoms with Crippen LogP contribution in [0, 0.1) is 0 Å². The van der Waals surface area contributed by atoms with Crippen molar-refractivity contribution >= 4 is 11.9 Å². The van der Waals surface area contributed by atoms with E-state index in [9.17, 15) is 9.59 Å². The van der Waals surface area contributed by atoms with Gasteiger partial charge in [-0.25, -0.2) is 0 Å². The normalized spacial score (nSPS) is 24.6. The van der Waals surface area contributed by atoms with E-state index in [1.54, 1.807) is 12.2 Å². The molecule has 21 heavy (non-hydrogen) atoms. The maximum absolute atomic E-state index is 11.1. The summed E-state index contributed by atoms with van der Waals surface area (Å²) in [7, 11) is 0. The van der Waals surface area contributed by atoms with Crippen LogP contribution in [0.25, 0.3) is 0 Å². The molecule has 120 valence electrons. The van der Waals surface area contributed by atoms with Gasteiger partial charge in [-0.3, -0.25) is 9.59 Å². The number of carbonyl (C=O) groups is 2. The fraction of sp³-hybridized carbons (Fsp3) is 0.714. The summed E-state index contributed by atoms with van der Waals surface area (Å²) in [5, 5.41) is 0. The summed E-state index contributed by atoms with van der Waals surface area (Å²) < 4.78 is 26.3. The predicted octanol–water partition coefficient (Wildman–Crippen LogP) is 0.815. The zero-order valence-corrected chi connectivity index (χ0v) is 12.6. The Kier molecular flexibility index (Phi) is 7.96. The second kappa shape index (κ2) is 9.49. The van der Waals surface area contributed by atoms with Crippen LogP contribution in [0.2, 0.25) is 0 Å². The van der Waals surface area contributed by atoms with Crippen molar-refractivity contribution in [3.8, 4) is 0 Å². The van der Waals surface area contributed by atoms with E-state index in [2.05, 4.69) is 0 Å². The SMILES string of the molecule is CCOCCO[C@@H]1C=C[C@H](OC(C)=O)C(COC(C)=O)O1. The number of esters is 2. The quantitative estimate of drug-likeness (QED) is 0.373. The molecule has 3 atom stereocenters. The number of hydrogen-bond acceptors (Lipinski definition) is 7. The lowest BCUT2D eigenvalue weighted by atomic mass is 10.1. The van der Waals surface area contributed by atoms with Gasteiger partial charge in [-0.05, 0) is 19.1 Å². The highest BCUT2D eigenvalue weighted by atomic mass is 16.7. The number of rotatable bonds is 8. The van der Waals surface area contributed by atoms with E-state index in [4.69, 9.17) is 23.7 Å². The Morgan fingerprint density at radius 2 is 1.90 bits per heavy atom. The van der Waals surface area contributed by atoms with Crippen LogP contribution >= 0.6 is 0 Å². The van der Waals surface area contributed by atoms with Gasteiger partial charge in [0.1, 0.15) is 18.8 Å². The van der Waals surface area contributed by atoms with E-state index < -0.39 is 30.4 Å². The van der Waals surface area contributed by atoms with Crippen LogP contribution in [0.4, 0.5) is 0 Å². The van der Waals surface area contributed by atoms with Crippen LogP contribution in [0.3, 0.4) is 0 Å². The average Bonchev–Trinajstić information content (AvgIpc) is 2.42. The number of hydrogen-bond donors (Lipinski definition) is 0. The lowest BCUT2D eigenvalue weighted by molar-refractivity contribution is -0.199. The second-order valence-electron chi connectivity index (χ2n) is 4.37. The van der Waals surface area contributed by atoms with Crippen molar-refractivity contribution in [3.05, 3.63) is 12.2 Å². The van der Waals surface area contributed by atoms with E-state index in [-0.39, 0.29) is 6.61 Å². The largest absolute Gasteiger partial charge is 0.463 e. The minimum atomic E-state index is -0.603. The third-order valence-electron chi connectivity index (χ3n) is 2.60. The lowest BCUT2D eigenvalue weighted by Crippen LogP contribution is -2.42. The molecular formula is C14H22O7. The van der Waals surface area contributed by atoms with Gasteiger partial charge in [0.05, 0.1) is 13.2 Å². The smallest absolute Gasteiger partial charge is 0.303 e. The number of carbonyl (C=O) groups excluding carboxylic acids is 2. The summed E-state index contributed by atoms with van der Waals surface area (Å²) in [6.45, 7) is 5.96. The molecule has 0 radical (unpaired) electrons. The highest BCUT2D eigenvalue weighted by Crippen LogP contribution is 2.17. The molecule has 0 fully saturated rings. The van der Waals surface area contributed by atoms with Gasteiger partial charge < -0.3 is 23.7 Å². The van der Waals surface area contributed by atoms with Crippen molar-refractivity contribution in [1.82, 2.24) is 0 Å². The van der Waals surface area contributed by atoms with Gasteiger partial charge in [-0.15, -0.1) is 0 Å². The van der Waals surface area contributed by atoms with Gasteiger partial charge in [0.15, 0.2) is 6.29 Å². The molecule has 0 aromatic heterocycles. The van der Waals surface area contributed by atoms with Crippen LogP contribution in [0.5, 0.6) is 0 Å². The van der Waals surface area contributed by atoms with E-state index in [1.807, 2.05) is 6.92 Å². The molecule has 1 aliphatic rings. The zero-order chi connectivity index (χ0) is 15.7. The zero-order valence-electron chi connectivity index (χ0n) is 12.6. The standard InChI is InChI=1S/C14H22O7/c1-4-17-7-8-18-14-6-5-12(20-11(3)16)13(21-14)9-19-10(2)15/h5-6,12-14H,4,7-9H2,1-3H3/t12-,13?,14-/m0/s1. The van der Waals surface area contributed by atoms with Gasteiger partial charge in [0.2, 0.25) is 0 Å². The molecule has 1 aliphatic heterocycles. The Balaban J connectivity index is 2.51. The molecule has 0 aromatic carbocycles. The maximum Gasteiger partial charge on any atom is 0.303 e. The molecule has 7 nitrogen and oxygen atoms in total. The fourth-order valence-electron chi connectivity index (χ4n) is 1.72. The third-order valence-corrected chi connectivity index (χ3v) is 2.60. The molecule has 0 saturated carbocycles. The van der Waals surface area contributed by atoms with Crippen molar-refractivity contribution in [2.45, 2.75) is 39.3 Å². The van der Waals surface area contributed by atoms with E-state index >= 15 is 0 Å². The van der Waals surface area contributed by atoms with Crippen LogP contribution in [0.15, 0.2) is 12.2 Å². The minimum absolute atomic E-state index is 0.0110.